The van der Waals surface area contributed by atoms with Gasteiger partial charge in [-0.05, 0) is 18.9 Å². The van der Waals surface area contributed by atoms with Gasteiger partial charge in [0, 0.05) is 6.07 Å². The van der Waals surface area contributed by atoms with Crippen LogP contribution in [0.25, 0.3) is 0 Å². The zero-order valence-electron chi connectivity index (χ0n) is 9.60. The summed E-state index contributed by atoms with van der Waals surface area (Å²) in [4.78, 5) is 0. The lowest BCUT2D eigenvalue weighted by Crippen LogP contribution is -2.47. The highest BCUT2D eigenvalue weighted by Gasteiger charge is 2.35. The lowest BCUT2D eigenvalue weighted by molar-refractivity contribution is 0.0475. The van der Waals surface area contributed by atoms with Crippen LogP contribution in [0.2, 0.25) is 5.02 Å². The van der Waals surface area contributed by atoms with Crippen molar-refractivity contribution < 1.29 is 9.13 Å². The lowest BCUT2D eigenvalue weighted by atomic mass is 9.91. The van der Waals surface area contributed by atoms with Crippen LogP contribution >= 0.6 is 11.6 Å². The molecule has 0 fully saturated rings. The summed E-state index contributed by atoms with van der Waals surface area (Å²) in [5, 5.41) is 3.48. The smallest absolute Gasteiger partial charge is 0.162 e. The van der Waals surface area contributed by atoms with Crippen molar-refractivity contribution >= 4 is 17.3 Å². The molecule has 0 aromatic heterocycles. The second kappa shape index (κ2) is 3.81. The first-order chi connectivity index (χ1) is 7.42. The topological polar surface area (TPSA) is 21.3 Å². The molecule has 1 aromatic carbocycles. The Morgan fingerprint density at radius 1 is 1.50 bits per heavy atom. The Morgan fingerprint density at radius 2 is 2.19 bits per heavy atom. The minimum absolute atomic E-state index is 0.311. The Kier molecular flexibility index (Phi) is 2.74. The van der Waals surface area contributed by atoms with Crippen molar-refractivity contribution in [3.63, 3.8) is 0 Å². The molecule has 1 aliphatic heterocycles. The predicted molar refractivity (Wildman–Crippen MR) is 63.8 cm³/mol. The van der Waals surface area contributed by atoms with Gasteiger partial charge >= 0.3 is 0 Å². The molecule has 1 aromatic rings. The van der Waals surface area contributed by atoms with Crippen LogP contribution in [-0.4, -0.2) is 12.1 Å². The van der Waals surface area contributed by atoms with Gasteiger partial charge in [0.2, 0.25) is 0 Å². The van der Waals surface area contributed by atoms with Crippen LogP contribution in [0, 0.1) is 11.7 Å². The molecule has 1 atom stereocenters. The van der Waals surface area contributed by atoms with Gasteiger partial charge in [0.1, 0.15) is 11.4 Å². The van der Waals surface area contributed by atoms with Crippen LogP contribution in [0.3, 0.4) is 0 Å². The van der Waals surface area contributed by atoms with Crippen LogP contribution in [0.4, 0.5) is 10.1 Å². The van der Waals surface area contributed by atoms with Crippen molar-refractivity contribution in [3.05, 3.63) is 23.0 Å². The first-order valence-electron chi connectivity index (χ1n) is 5.34. The van der Waals surface area contributed by atoms with Crippen LogP contribution in [0.5, 0.6) is 5.75 Å². The molecule has 88 valence electrons. The molecule has 1 N–H and O–H groups in total. The zero-order valence-corrected chi connectivity index (χ0v) is 10.4. The SMILES string of the molecule is CC(C)C1(C)CNc2cc(F)cc(Cl)c2O1. The first kappa shape index (κ1) is 11.5. The minimum atomic E-state index is -0.354. The third-order valence-electron chi connectivity index (χ3n) is 3.19. The number of rotatable bonds is 1. The molecular weight excluding hydrogens is 229 g/mol. The van der Waals surface area contributed by atoms with Gasteiger partial charge < -0.3 is 10.1 Å². The van der Waals surface area contributed by atoms with Crippen molar-refractivity contribution in [1.82, 2.24) is 0 Å². The number of halogens is 2. The molecule has 0 saturated carbocycles. The first-order valence-corrected chi connectivity index (χ1v) is 5.72. The Labute approximate surface area is 99.7 Å². The van der Waals surface area contributed by atoms with Gasteiger partial charge in [-0.2, -0.15) is 0 Å². The largest absolute Gasteiger partial charge is 0.482 e. The third kappa shape index (κ3) is 1.84. The predicted octanol–water partition coefficient (Wildman–Crippen LogP) is 3.70. The van der Waals surface area contributed by atoms with Crippen LogP contribution in [-0.2, 0) is 0 Å². The molecule has 0 aliphatic carbocycles. The quantitative estimate of drug-likeness (QED) is 0.812. The standard InChI is InChI=1S/C12H15ClFNO/c1-7(2)12(3)6-15-10-5-8(14)4-9(13)11(10)16-12/h4-5,7,15H,6H2,1-3H3. The van der Waals surface area contributed by atoms with E-state index in [1.807, 2.05) is 6.92 Å². The van der Waals surface area contributed by atoms with E-state index in [1.54, 1.807) is 0 Å². The van der Waals surface area contributed by atoms with E-state index >= 15 is 0 Å². The molecule has 0 bridgehead atoms. The van der Waals surface area contributed by atoms with Crippen LogP contribution in [0.1, 0.15) is 20.8 Å². The van der Waals surface area contributed by atoms with Gasteiger partial charge in [-0.3, -0.25) is 0 Å². The van der Waals surface area contributed by atoms with Gasteiger partial charge in [-0.25, -0.2) is 4.39 Å². The lowest BCUT2D eigenvalue weighted by Gasteiger charge is -2.39. The monoisotopic (exact) mass is 243 g/mol. The fraction of sp³-hybridized carbons (Fsp3) is 0.500. The van der Waals surface area contributed by atoms with E-state index in [2.05, 4.69) is 19.2 Å². The van der Waals surface area contributed by atoms with E-state index in [4.69, 9.17) is 16.3 Å². The van der Waals surface area contributed by atoms with Gasteiger partial charge in [0.15, 0.2) is 5.75 Å². The van der Waals surface area contributed by atoms with Gasteiger partial charge in [0.25, 0.3) is 0 Å². The highest BCUT2D eigenvalue weighted by Crippen LogP contribution is 2.41. The molecule has 2 rings (SSSR count). The Bertz CT molecular complexity index is 422. The Hall–Kier alpha value is -0.960. The normalized spacial score (nSPS) is 23.6. The second-order valence-corrected chi connectivity index (χ2v) is 5.09. The summed E-state index contributed by atoms with van der Waals surface area (Å²) < 4.78 is 19.0. The number of fused-ring (bicyclic) bond motifs is 1. The van der Waals surface area contributed by atoms with Gasteiger partial charge in [-0.15, -0.1) is 0 Å². The number of ether oxygens (including phenoxy) is 1. The number of benzene rings is 1. The summed E-state index contributed by atoms with van der Waals surface area (Å²) in [6.45, 7) is 6.85. The van der Waals surface area contributed by atoms with E-state index < -0.39 is 0 Å². The summed E-state index contributed by atoms with van der Waals surface area (Å²) in [5.41, 5.74) is 0.317. The molecule has 16 heavy (non-hydrogen) atoms. The number of hydrogen-bond donors (Lipinski definition) is 1. The van der Waals surface area contributed by atoms with E-state index in [0.29, 0.717) is 28.9 Å². The number of anilines is 1. The third-order valence-corrected chi connectivity index (χ3v) is 3.48. The van der Waals surface area contributed by atoms with Crippen LogP contribution in [0.15, 0.2) is 12.1 Å². The molecule has 2 nitrogen and oxygen atoms in total. The van der Waals surface area contributed by atoms with Crippen molar-refractivity contribution in [2.24, 2.45) is 5.92 Å². The zero-order chi connectivity index (χ0) is 11.9. The minimum Gasteiger partial charge on any atom is -0.482 e. The molecule has 1 unspecified atom stereocenters. The van der Waals surface area contributed by atoms with E-state index in [-0.39, 0.29) is 11.4 Å². The number of hydrogen-bond acceptors (Lipinski definition) is 2. The maximum atomic E-state index is 13.1. The highest BCUT2D eigenvalue weighted by molar-refractivity contribution is 6.32. The average molecular weight is 244 g/mol. The van der Waals surface area contributed by atoms with Gasteiger partial charge in [-0.1, -0.05) is 25.4 Å². The second-order valence-electron chi connectivity index (χ2n) is 4.69. The average Bonchev–Trinajstić information content (AvgIpc) is 2.19. The van der Waals surface area contributed by atoms with E-state index in [0.717, 1.165) is 0 Å². The van der Waals surface area contributed by atoms with Crippen LogP contribution < -0.4 is 10.1 Å². The Balaban J connectivity index is 2.41. The summed E-state index contributed by atoms with van der Waals surface area (Å²) in [6.07, 6.45) is 0. The molecule has 0 amide bonds. The molecule has 1 aliphatic rings. The van der Waals surface area contributed by atoms with Crippen molar-refractivity contribution in [1.29, 1.82) is 0 Å². The van der Waals surface area contributed by atoms with Gasteiger partial charge in [0.05, 0.1) is 17.3 Å². The molecule has 4 heteroatoms. The molecular formula is C12H15ClFNO. The fourth-order valence-electron chi connectivity index (χ4n) is 1.66. The van der Waals surface area contributed by atoms with Crippen molar-refractivity contribution in [2.75, 3.05) is 11.9 Å². The fourth-order valence-corrected chi connectivity index (χ4v) is 1.90. The number of nitrogens with one attached hydrogen (secondary N) is 1. The van der Waals surface area contributed by atoms with Crippen molar-refractivity contribution in [2.45, 2.75) is 26.4 Å². The summed E-state index contributed by atoms with van der Waals surface area (Å²) in [7, 11) is 0. The van der Waals surface area contributed by atoms with Crippen molar-refractivity contribution in [3.8, 4) is 5.75 Å². The summed E-state index contributed by atoms with van der Waals surface area (Å²) in [5.74, 6) is 0.535. The molecule has 1 heterocycles. The molecule has 0 spiro atoms. The molecule has 0 radical (unpaired) electrons. The summed E-state index contributed by atoms with van der Waals surface area (Å²) >= 11 is 5.97. The summed E-state index contributed by atoms with van der Waals surface area (Å²) in [6, 6.07) is 2.68. The Morgan fingerprint density at radius 3 is 2.81 bits per heavy atom. The van der Waals surface area contributed by atoms with E-state index in [1.165, 1.54) is 12.1 Å². The maximum Gasteiger partial charge on any atom is 0.162 e. The van der Waals surface area contributed by atoms with E-state index in [9.17, 15) is 4.39 Å². The maximum absolute atomic E-state index is 13.1. The molecule has 0 saturated heterocycles. The highest BCUT2D eigenvalue weighted by atomic mass is 35.5.